The summed E-state index contributed by atoms with van der Waals surface area (Å²) in [7, 11) is 0. The average Bonchev–Trinajstić information content (AvgIpc) is 2.36. The Morgan fingerprint density at radius 1 is 1.33 bits per heavy atom. The number of piperidine rings is 1. The molecule has 5 heteroatoms. The number of aryl methyl sites for hydroxylation is 1. The number of aromatic nitrogens is 2. The van der Waals surface area contributed by atoms with E-state index in [9.17, 15) is 4.79 Å². The summed E-state index contributed by atoms with van der Waals surface area (Å²) in [6.45, 7) is 9.53. The zero-order chi connectivity index (χ0) is 15.6. The normalized spacial score (nSPS) is 17.1. The van der Waals surface area contributed by atoms with Crippen LogP contribution in [0.3, 0.4) is 0 Å². The van der Waals surface area contributed by atoms with Crippen LogP contribution >= 0.6 is 11.6 Å². The van der Waals surface area contributed by atoms with E-state index in [2.05, 4.69) is 9.97 Å². The van der Waals surface area contributed by atoms with Crippen LogP contribution in [-0.2, 0) is 11.2 Å². The molecule has 0 aromatic carbocycles. The van der Waals surface area contributed by atoms with E-state index in [0.29, 0.717) is 11.1 Å². The number of carbonyl (C=O) groups excluding carboxylic acids is 1. The molecular weight excluding hydrogens is 286 g/mol. The van der Waals surface area contributed by atoms with Gasteiger partial charge in [-0.2, -0.15) is 0 Å². The molecule has 2 heterocycles. The van der Waals surface area contributed by atoms with Crippen LogP contribution in [0, 0.1) is 18.3 Å². The zero-order valence-electron chi connectivity index (χ0n) is 13.3. The van der Waals surface area contributed by atoms with Gasteiger partial charge in [-0.15, -0.1) is 0 Å². The number of hydrogen-bond donors (Lipinski definition) is 0. The molecule has 1 fully saturated rings. The minimum absolute atomic E-state index is 0.246. The number of hydrogen-bond acceptors (Lipinski definition) is 3. The minimum atomic E-state index is -0.292. The molecule has 1 aliphatic rings. The van der Waals surface area contributed by atoms with Crippen LogP contribution in [0.15, 0.2) is 6.07 Å². The highest BCUT2D eigenvalue weighted by Crippen LogP contribution is 2.25. The third-order valence-corrected chi connectivity index (χ3v) is 4.08. The second-order valence-corrected chi connectivity index (χ2v) is 7.33. The van der Waals surface area contributed by atoms with Crippen LogP contribution in [0.2, 0.25) is 5.15 Å². The van der Waals surface area contributed by atoms with Crippen molar-refractivity contribution in [3.8, 4) is 0 Å². The summed E-state index contributed by atoms with van der Waals surface area (Å²) in [5.41, 5.74) is 0.616. The van der Waals surface area contributed by atoms with Crippen LogP contribution < -0.4 is 0 Å². The van der Waals surface area contributed by atoms with Crippen LogP contribution in [0.25, 0.3) is 0 Å². The first-order chi connectivity index (χ1) is 9.75. The molecule has 0 radical (unpaired) electrons. The van der Waals surface area contributed by atoms with Gasteiger partial charge >= 0.3 is 0 Å². The molecule has 1 amide bonds. The van der Waals surface area contributed by atoms with Crippen molar-refractivity contribution < 1.29 is 4.79 Å². The Hall–Kier alpha value is -1.16. The van der Waals surface area contributed by atoms with E-state index in [1.54, 1.807) is 6.07 Å². The maximum absolute atomic E-state index is 12.3. The summed E-state index contributed by atoms with van der Waals surface area (Å²) in [5, 5.41) is 0.512. The Labute approximate surface area is 131 Å². The van der Waals surface area contributed by atoms with Gasteiger partial charge in [-0.3, -0.25) is 4.79 Å². The standard InChI is InChI=1S/C16H24ClN3O/c1-11-9-13(17)19-14(18-11)10-12-5-7-20(8-6-12)15(21)16(2,3)4/h9,12H,5-8,10H2,1-4H3. The molecule has 116 valence electrons. The summed E-state index contributed by atoms with van der Waals surface area (Å²) >= 11 is 5.98. The Morgan fingerprint density at radius 3 is 2.48 bits per heavy atom. The molecule has 1 aliphatic heterocycles. The predicted molar refractivity (Wildman–Crippen MR) is 84.2 cm³/mol. The lowest BCUT2D eigenvalue weighted by Gasteiger charge is -2.35. The molecule has 0 bridgehead atoms. The van der Waals surface area contributed by atoms with E-state index < -0.39 is 0 Å². The highest BCUT2D eigenvalue weighted by atomic mass is 35.5. The van der Waals surface area contributed by atoms with E-state index in [1.807, 2.05) is 32.6 Å². The summed E-state index contributed by atoms with van der Waals surface area (Å²) in [6.07, 6.45) is 2.87. The third kappa shape index (κ3) is 4.40. The second-order valence-electron chi connectivity index (χ2n) is 6.94. The van der Waals surface area contributed by atoms with Crippen molar-refractivity contribution in [3.05, 3.63) is 22.7 Å². The van der Waals surface area contributed by atoms with Crippen molar-refractivity contribution in [1.29, 1.82) is 0 Å². The molecule has 0 N–H and O–H groups in total. The first-order valence-corrected chi connectivity index (χ1v) is 7.93. The molecule has 1 saturated heterocycles. The maximum Gasteiger partial charge on any atom is 0.227 e. The monoisotopic (exact) mass is 309 g/mol. The topological polar surface area (TPSA) is 46.1 Å². The van der Waals surface area contributed by atoms with Crippen molar-refractivity contribution in [2.45, 2.75) is 47.0 Å². The highest BCUT2D eigenvalue weighted by molar-refractivity contribution is 6.29. The average molecular weight is 310 g/mol. The maximum atomic E-state index is 12.3. The van der Waals surface area contributed by atoms with Crippen molar-refractivity contribution in [1.82, 2.24) is 14.9 Å². The van der Waals surface area contributed by atoms with Gasteiger partial charge in [0.25, 0.3) is 0 Å². The Kier molecular flexibility index (Phi) is 4.87. The van der Waals surface area contributed by atoms with E-state index in [1.165, 1.54) is 0 Å². The molecule has 4 nitrogen and oxygen atoms in total. The van der Waals surface area contributed by atoms with E-state index in [4.69, 9.17) is 11.6 Å². The van der Waals surface area contributed by atoms with Crippen molar-refractivity contribution >= 4 is 17.5 Å². The molecule has 0 atom stereocenters. The first kappa shape index (κ1) is 16.2. The molecule has 0 saturated carbocycles. The number of amides is 1. The third-order valence-electron chi connectivity index (χ3n) is 3.88. The molecule has 21 heavy (non-hydrogen) atoms. The highest BCUT2D eigenvalue weighted by Gasteiger charge is 2.30. The predicted octanol–water partition coefficient (Wildman–Crippen LogP) is 3.27. The van der Waals surface area contributed by atoms with Gasteiger partial charge in [0.1, 0.15) is 11.0 Å². The smallest absolute Gasteiger partial charge is 0.227 e. The van der Waals surface area contributed by atoms with E-state index >= 15 is 0 Å². The molecule has 0 unspecified atom stereocenters. The summed E-state index contributed by atoms with van der Waals surface area (Å²) in [4.78, 5) is 23.0. The molecule has 2 rings (SSSR count). The van der Waals surface area contributed by atoms with Crippen LogP contribution in [0.4, 0.5) is 0 Å². The van der Waals surface area contributed by atoms with Gasteiger partial charge in [0.2, 0.25) is 5.91 Å². The van der Waals surface area contributed by atoms with Gasteiger partial charge in [0.05, 0.1) is 0 Å². The minimum Gasteiger partial charge on any atom is -0.342 e. The summed E-state index contributed by atoms with van der Waals surface area (Å²) < 4.78 is 0. The molecule has 0 spiro atoms. The molecule has 1 aromatic rings. The fourth-order valence-electron chi connectivity index (χ4n) is 2.75. The van der Waals surface area contributed by atoms with Crippen molar-refractivity contribution in [2.75, 3.05) is 13.1 Å². The van der Waals surface area contributed by atoms with Crippen LogP contribution in [0.5, 0.6) is 0 Å². The number of nitrogens with zero attached hydrogens (tertiary/aromatic N) is 3. The van der Waals surface area contributed by atoms with Gasteiger partial charge in [0.15, 0.2) is 0 Å². The number of rotatable bonds is 2. The molecular formula is C16H24ClN3O. The SMILES string of the molecule is Cc1cc(Cl)nc(CC2CCN(C(=O)C(C)(C)C)CC2)n1. The van der Waals surface area contributed by atoms with Gasteiger partial charge in [-0.1, -0.05) is 32.4 Å². The van der Waals surface area contributed by atoms with Gasteiger partial charge in [-0.25, -0.2) is 9.97 Å². The summed E-state index contributed by atoms with van der Waals surface area (Å²) in [6, 6.07) is 1.77. The Bertz CT molecular complexity index is 496. The fourth-order valence-corrected chi connectivity index (χ4v) is 3.01. The largest absolute Gasteiger partial charge is 0.342 e. The lowest BCUT2D eigenvalue weighted by Crippen LogP contribution is -2.44. The number of carbonyl (C=O) groups is 1. The van der Waals surface area contributed by atoms with E-state index in [-0.39, 0.29) is 11.3 Å². The van der Waals surface area contributed by atoms with Crippen LogP contribution in [-0.4, -0.2) is 33.9 Å². The number of halogens is 1. The molecule has 0 aliphatic carbocycles. The Balaban J connectivity index is 1.91. The lowest BCUT2D eigenvalue weighted by atomic mass is 9.89. The van der Waals surface area contributed by atoms with Crippen LogP contribution in [0.1, 0.15) is 45.1 Å². The van der Waals surface area contributed by atoms with Gasteiger partial charge in [-0.05, 0) is 31.7 Å². The van der Waals surface area contributed by atoms with E-state index in [0.717, 1.165) is 43.9 Å². The van der Waals surface area contributed by atoms with Gasteiger partial charge < -0.3 is 4.90 Å². The zero-order valence-corrected chi connectivity index (χ0v) is 14.1. The molecule has 1 aromatic heterocycles. The lowest BCUT2D eigenvalue weighted by molar-refractivity contribution is -0.140. The quantitative estimate of drug-likeness (QED) is 0.788. The summed E-state index contributed by atoms with van der Waals surface area (Å²) in [5.74, 6) is 1.60. The fraction of sp³-hybridized carbons (Fsp3) is 0.688. The van der Waals surface area contributed by atoms with Gasteiger partial charge in [0, 0.05) is 30.6 Å². The van der Waals surface area contributed by atoms with Crippen molar-refractivity contribution in [3.63, 3.8) is 0 Å². The second kappa shape index (κ2) is 6.30. The Morgan fingerprint density at radius 2 is 1.95 bits per heavy atom. The number of likely N-dealkylation sites (tertiary alicyclic amines) is 1. The first-order valence-electron chi connectivity index (χ1n) is 7.55. The van der Waals surface area contributed by atoms with Crippen molar-refractivity contribution in [2.24, 2.45) is 11.3 Å².